The molecular formula is C19H20FN3O2. The number of benzene rings is 1. The Hall–Kier alpha value is -2.76. The van der Waals surface area contributed by atoms with E-state index in [1.54, 1.807) is 17.2 Å². The summed E-state index contributed by atoms with van der Waals surface area (Å²) in [5.41, 5.74) is 1.89. The zero-order valence-electron chi connectivity index (χ0n) is 14.0. The van der Waals surface area contributed by atoms with E-state index in [0.29, 0.717) is 37.1 Å². The van der Waals surface area contributed by atoms with Crippen molar-refractivity contribution in [3.05, 3.63) is 65.2 Å². The summed E-state index contributed by atoms with van der Waals surface area (Å²) in [5.74, 6) is -0.614. The molecule has 25 heavy (non-hydrogen) atoms. The standard InChI is InChI=1S/C19H20FN3O2/c1-13-2-3-15(12-21-13)19(25)23-10-8-17(9-11-23)22-18(24)14-4-6-16(20)7-5-14/h2-7,12,17H,8-11H2,1H3,(H,22,24). The Bertz CT molecular complexity index is 751. The van der Waals surface area contributed by atoms with Gasteiger partial charge in [-0.3, -0.25) is 14.6 Å². The molecule has 130 valence electrons. The number of piperidine rings is 1. The van der Waals surface area contributed by atoms with Crippen molar-refractivity contribution in [3.63, 3.8) is 0 Å². The molecule has 2 heterocycles. The van der Waals surface area contributed by atoms with Crippen molar-refractivity contribution < 1.29 is 14.0 Å². The summed E-state index contributed by atoms with van der Waals surface area (Å²) in [5, 5.41) is 2.95. The Morgan fingerprint density at radius 1 is 1.08 bits per heavy atom. The monoisotopic (exact) mass is 341 g/mol. The van der Waals surface area contributed by atoms with Crippen LogP contribution in [0.2, 0.25) is 0 Å². The van der Waals surface area contributed by atoms with Crippen molar-refractivity contribution in [1.82, 2.24) is 15.2 Å². The Morgan fingerprint density at radius 2 is 1.72 bits per heavy atom. The van der Waals surface area contributed by atoms with Gasteiger partial charge in [-0.25, -0.2) is 4.39 Å². The molecule has 3 rings (SSSR count). The molecule has 6 heteroatoms. The average molecular weight is 341 g/mol. The molecule has 0 bridgehead atoms. The first kappa shape index (κ1) is 17.1. The number of rotatable bonds is 3. The van der Waals surface area contributed by atoms with Gasteiger partial charge in [0.25, 0.3) is 11.8 Å². The topological polar surface area (TPSA) is 62.3 Å². The van der Waals surface area contributed by atoms with E-state index in [0.717, 1.165) is 5.69 Å². The van der Waals surface area contributed by atoms with Crippen molar-refractivity contribution in [2.75, 3.05) is 13.1 Å². The van der Waals surface area contributed by atoms with Gasteiger partial charge in [0.05, 0.1) is 5.56 Å². The number of carbonyl (C=O) groups is 2. The third-order valence-electron chi connectivity index (χ3n) is 4.38. The second-order valence-electron chi connectivity index (χ2n) is 6.24. The first-order valence-electron chi connectivity index (χ1n) is 8.31. The molecule has 1 aromatic heterocycles. The summed E-state index contributed by atoms with van der Waals surface area (Å²) < 4.78 is 12.9. The van der Waals surface area contributed by atoms with Crippen LogP contribution in [-0.2, 0) is 0 Å². The Balaban J connectivity index is 1.53. The van der Waals surface area contributed by atoms with Crippen LogP contribution < -0.4 is 5.32 Å². The Labute approximate surface area is 145 Å². The second kappa shape index (κ2) is 7.42. The quantitative estimate of drug-likeness (QED) is 0.933. The maximum absolute atomic E-state index is 12.9. The van der Waals surface area contributed by atoms with E-state index in [-0.39, 0.29) is 23.7 Å². The van der Waals surface area contributed by atoms with Crippen molar-refractivity contribution in [3.8, 4) is 0 Å². The number of nitrogens with one attached hydrogen (secondary N) is 1. The molecule has 1 aliphatic heterocycles. The highest BCUT2D eigenvalue weighted by molar-refractivity contribution is 5.95. The summed E-state index contributed by atoms with van der Waals surface area (Å²) in [4.78, 5) is 30.6. The van der Waals surface area contributed by atoms with Gasteiger partial charge in [0.1, 0.15) is 5.82 Å². The highest BCUT2D eigenvalue weighted by Crippen LogP contribution is 2.15. The van der Waals surface area contributed by atoms with Gasteiger partial charge in [-0.2, -0.15) is 0 Å². The molecule has 1 aliphatic rings. The van der Waals surface area contributed by atoms with Crippen LogP contribution in [0.3, 0.4) is 0 Å². The SMILES string of the molecule is Cc1ccc(C(=O)N2CCC(NC(=O)c3ccc(F)cc3)CC2)cn1. The van der Waals surface area contributed by atoms with Crippen molar-refractivity contribution in [2.45, 2.75) is 25.8 Å². The predicted molar refractivity (Wildman–Crippen MR) is 91.8 cm³/mol. The number of aromatic nitrogens is 1. The van der Waals surface area contributed by atoms with E-state index in [9.17, 15) is 14.0 Å². The van der Waals surface area contributed by atoms with Crippen molar-refractivity contribution in [1.29, 1.82) is 0 Å². The van der Waals surface area contributed by atoms with E-state index in [1.807, 2.05) is 13.0 Å². The van der Waals surface area contributed by atoms with Gasteiger partial charge in [-0.15, -0.1) is 0 Å². The predicted octanol–water partition coefficient (Wildman–Crippen LogP) is 2.56. The maximum Gasteiger partial charge on any atom is 0.255 e. The smallest absolute Gasteiger partial charge is 0.255 e. The van der Waals surface area contributed by atoms with Crippen LogP contribution in [0.1, 0.15) is 39.3 Å². The van der Waals surface area contributed by atoms with Gasteiger partial charge in [0, 0.05) is 36.6 Å². The molecule has 1 saturated heterocycles. The first-order valence-corrected chi connectivity index (χ1v) is 8.31. The van der Waals surface area contributed by atoms with Crippen LogP contribution in [0.5, 0.6) is 0 Å². The number of pyridine rings is 1. The third-order valence-corrected chi connectivity index (χ3v) is 4.38. The number of hydrogen-bond acceptors (Lipinski definition) is 3. The summed E-state index contributed by atoms with van der Waals surface area (Å²) in [6.45, 7) is 3.05. The summed E-state index contributed by atoms with van der Waals surface area (Å²) in [6, 6.07) is 9.09. The minimum Gasteiger partial charge on any atom is -0.349 e. The highest BCUT2D eigenvalue weighted by atomic mass is 19.1. The molecule has 0 atom stereocenters. The minimum atomic E-state index is -0.367. The molecule has 2 aromatic rings. The minimum absolute atomic E-state index is 0.0118. The molecule has 0 aliphatic carbocycles. The van der Waals surface area contributed by atoms with Crippen LogP contribution in [0.15, 0.2) is 42.6 Å². The van der Waals surface area contributed by atoms with Gasteiger partial charge in [-0.05, 0) is 56.2 Å². The number of carbonyl (C=O) groups excluding carboxylic acids is 2. The number of nitrogens with zero attached hydrogens (tertiary/aromatic N) is 2. The van der Waals surface area contributed by atoms with E-state index in [2.05, 4.69) is 10.3 Å². The van der Waals surface area contributed by atoms with Crippen LogP contribution in [0.4, 0.5) is 4.39 Å². The Morgan fingerprint density at radius 3 is 2.32 bits per heavy atom. The van der Waals surface area contributed by atoms with Crippen LogP contribution in [-0.4, -0.2) is 40.8 Å². The molecule has 1 fully saturated rings. The number of likely N-dealkylation sites (tertiary alicyclic amines) is 1. The fourth-order valence-corrected chi connectivity index (χ4v) is 2.87. The fourth-order valence-electron chi connectivity index (χ4n) is 2.87. The van der Waals surface area contributed by atoms with E-state index in [4.69, 9.17) is 0 Å². The first-order chi connectivity index (χ1) is 12.0. The van der Waals surface area contributed by atoms with Crippen LogP contribution in [0.25, 0.3) is 0 Å². The van der Waals surface area contributed by atoms with Gasteiger partial charge in [0.15, 0.2) is 0 Å². The van der Waals surface area contributed by atoms with Crippen molar-refractivity contribution >= 4 is 11.8 Å². The van der Waals surface area contributed by atoms with E-state index < -0.39 is 0 Å². The van der Waals surface area contributed by atoms with Crippen LogP contribution >= 0.6 is 0 Å². The normalized spacial score (nSPS) is 15.0. The number of aryl methyl sites for hydroxylation is 1. The third kappa shape index (κ3) is 4.21. The lowest BCUT2D eigenvalue weighted by Crippen LogP contribution is -2.46. The van der Waals surface area contributed by atoms with Crippen LogP contribution in [0, 0.1) is 12.7 Å². The molecule has 0 radical (unpaired) electrons. The molecule has 0 unspecified atom stereocenters. The molecule has 5 nitrogen and oxygen atoms in total. The number of amides is 2. The Kier molecular flexibility index (Phi) is 5.07. The number of hydrogen-bond donors (Lipinski definition) is 1. The molecule has 0 saturated carbocycles. The van der Waals surface area contributed by atoms with Gasteiger partial charge in [-0.1, -0.05) is 0 Å². The lowest BCUT2D eigenvalue weighted by atomic mass is 10.0. The van der Waals surface area contributed by atoms with Crippen molar-refractivity contribution in [2.24, 2.45) is 0 Å². The highest BCUT2D eigenvalue weighted by Gasteiger charge is 2.25. The maximum atomic E-state index is 12.9. The zero-order chi connectivity index (χ0) is 17.8. The molecule has 0 spiro atoms. The zero-order valence-corrected chi connectivity index (χ0v) is 14.0. The summed E-state index contributed by atoms with van der Waals surface area (Å²) >= 11 is 0. The molecule has 1 aromatic carbocycles. The van der Waals surface area contributed by atoms with Gasteiger partial charge >= 0.3 is 0 Å². The summed E-state index contributed by atoms with van der Waals surface area (Å²) in [6.07, 6.45) is 2.98. The lowest BCUT2D eigenvalue weighted by Gasteiger charge is -2.32. The molecule has 1 N–H and O–H groups in total. The summed E-state index contributed by atoms with van der Waals surface area (Å²) in [7, 11) is 0. The fraction of sp³-hybridized carbons (Fsp3) is 0.316. The van der Waals surface area contributed by atoms with Gasteiger partial charge < -0.3 is 10.2 Å². The van der Waals surface area contributed by atoms with E-state index >= 15 is 0 Å². The molecule has 2 amide bonds. The second-order valence-corrected chi connectivity index (χ2v) is 6.24. The molecular weight excluding hydrogens is 321 g/mol. The largest absolute Gasteiger partial charge is 0.349 e. The lowest BCUT2D eigenvalue weighted by molar-refractivity contribution is 0.0697. The van der Waals surface area contributed by atoms with Gasteiger partial charge in [0.2, 0.25) is 0 Å². The average Bonchev–Trinajstić information content (AvgIpc) is 2.63. The number of halogens is 1. The van der Waals surface area contributed by atoms with E-state index in [1.165, 1.54) is 24.3 Å².